The van der Waals surface area contributed by atoms with Gasteiger partial charge in [-0.05, 0) is 74.0 Å². The molecule has 8 atom stereocenters. The predicted molar refractivity (Wildman–Crippen MR) is 85.1 cm³/mol. The Balaban J connectivity index is 1.54. The fourth-order valence-corrected chi connectivity index (χ4v) is 7.31. The Kier molecular flexibility index (Phi) is 2.54. The molecule has 0 spiro atoms. The summed E-state index contributed by atoms with van der Waals surface area (Å²) in [6, 6.07) is 0. The SMILES string of the molecule is CC12CCC3C(CC=C4C[C@@H](O)CC[C@@]43C)C1[C@@H]1C[C@@H]1C2=O. The smallest absolute Gasteiger partial charge is 0.142 e. The van der Waals surface area contributed by atoms with Crippen molar-refractivity contribution < 1.29 is 9.90 Å². The van der Waals surface area contributed by atoms with Crippen molar-refractivity contribution in [2.75, 3.05) is 0 Å². The Bertz CT molecular complexity index is 578. The Morgan fingerprint density at radius 1 is 1.14 bits per heavy atom. The van der Waals surface area contributed by atoms with Crippen LogP contribution in [0.1, 0.15) is 58.8 Å². The Labute approximate surface area is 133 Å². The Morgan fingerprint density at radius 3 is 2.73 bits per heavy atom. The van der Waals surface area contributed by atoms with Crippen LogP contribution in [-0.4, -0.2) is 17.0 Å². The minimum absolute atomic E-state index is 0.00460. The van der Waals surface area contributed by atoms with Crippen LogP contribution in [0.25, 0.3) is 0 Å². The van der Waals surface area contributed by atoms with E-state index in [0.29, 0.717) is 23.0 Å². The topological polar surface area (TPSA) is 37.3 Å². The largest absolute Gasteiger partial charge is 0.393 e. The normalized spacial score (nSPS) is 59.0. The summed E-state index contributed by atoms with van der Waals surface area (Å²) in [4.78, 5) is 12.7. The molecule has 2 nitrogen and oxygen atoms in total. The molecule has 4 saturated carbocycles. The van der Waals surface area contributed by atoms with Gasteiger partial charge in [-0.3, -0.25) is 4.79 Å². The van der Waals surface area contributed by atoms with Gasteiger partial charge in [-0.1, -0.05) is 25.5 Å². The summed E-state index contributed by atoms with van der Waals surface area (Å²) in [5.74, 6) is 3.90. The average molecular weight is 300 g/mol. The molecule has 22 heavy (non-hydrogen) atoms. The van der Waals surface area contributed by atoms with Gasteiger partial charge in [0.1, 0.15) is 5.78 Å². The third-order valence-electron chi connectivity index (χ3n) is 8.53. The first-order valence-corrected chi connectivity index (χ1v) is 9.37. The molecule has 1 N–H and O–H groups in total. The summed E-state index contributed by atoms with van der Waals surface area (Å²) in [5, 5.41) is 10.0. The van der Waals surface area contributed by atoms with Crippen molar-refractivity contribution >= 4 is 5.78 Å². The number of aliphatic hydroxyl groups is 1. The molecule has 120 valence electrons. The maximum absolute atomic E-state index is 12.7. The maximum Gasteiger partial charge on any atom is 0.142 e. The van der Waals surface area contributed by atoms with Gasteiger partial charge in [0.15, 0.2) is 0 Å². The summed E-state index contributed by atoms with van der Waals surface area (Å²) in [7, 11) is 0. The van der Waals surface area contributed by atoms with E-state index in [4.69, 9.17) is 0 Å². The van der Waals surface area contributed by atoms with Crippen molar-refractivity contribution in [3.8, 4) is 0 Å². The summed E-state index contributed by atoms with van der Waals surface area (Å²) in [5.41, 5.74) is 1.84. The summed E-state index contributed by atoms with van der Waals surface area (Å²) in [6.45, 7) is 4.75. The van der Waals surface area contributed by atoms with Crippen LogP contribution in [0.15, 0.2) is 11.6 Å². The molecule has 0 aromatic heterocycles. The number of rotatable bonds is 0. The first-order chi connectivity index (χ1) is 10.4. The molecule has 4 unspecified atom stereocenters. The van der Waals surface area contributed by atoms with E-state index in [0.717, 1.165) is 43.4 Å². The van der Waals surface area contributed by atoms with Crippen molar-refractivity contribution in [2.24, 2.45) is 40.4 Å². The minimum Gasteiger partial charge on any atom is -0.393 e. The molecule has 0 aromatic rings. The van der Waals surface area contributed by atoms with Crippen LogP contribution in [0.2, 0.25) is 0 Å². The van der Waals surface area contributed by atoms with Crippen molar-refractivity contribution in [2.45, 2.75) is 64.9 Å². The molecule has 0 saturated heterocycles. The monoisotopic (exact) mass is 300 g/mol. The number of fused-ring (bicyclic) bond motifs is 7. The maximum atomic E-state index is 12.7. The number of hydrogen-bond donors (Lipinski definition) is 1. The molecule has 5 rings (SSSR count). The molecule has 5 aliphatic rings. The van der Waals surface area contributed by atoms with Gasteiger partial charge in [0.2, 0.25) is 0 Å². The highest BCUT2D eigenvalue weighted by Crippen LogP contribution is 2.71. The van der Waals surface area contributed by atoms with E-state index in [1.165, 1.54) is 24.8 Å². The number of carbonyl (C=O) groups excluding carboxylic acids is 1. The zero-order valence-corrected chi connectivity index (χ0v) is 13.8. The number of hydrogen-bond acceptors (Lipinski definition) is 2. The van der Waals surface area contributed by atoms with Crippen LogP contribution in [-0.2, 0) is 4.79 Å². The third-order valence-corrected chi connectivity index (χ3v) is 8.53. The second-order valence-corrected chi connectivity index (χ2v) is 9.40. The van der Waals surface area contributed by atoms with Gasteiger partial charge in [0.05, 0.1) is 6.10 Å². The second kappa shape index (κ2) is 4.06. The zero-order chi connectivity index (χ0) is 15.3. The van der Waals surface area contributed by atoms with Crippen LogP contribution in [0.5, 0.6) is 0 Å². The number of ketones is 1. The molecule has 2 heteroatoms. The van der Waals surface area contributed by atoms with Crippen LogP contribution in [0.4, 0.5) is 0 Å². The van der Waals surface area contributed by atoms with Crippen LogP contribution in [0.3, 0.4) is 0 Å². The summed E-state index contributed by atoms with van der Waals surface area (Å²) in [6.07, 6.45) is 10.1. The molecule has 0 aromatic carbocycles. The van der Waals surface area contributed by atoms with Gasteiger partial charge in [-0.15, -0.1) is 0 Å². The van der Waals surface area contributed by atoms with Crippen LogP contribution >= 0.6 is 0 Å². The van der Waals surface area contributed by atoms with Crippen molar-refractivity contribution in [3.63, 3.8) is 0 Å². The zero-order valence-electron chi connectivity index (χ0n) is 13.8. The highest BCUT2D eigenvalue weighted by Gasteiger charge is 2.70. The predicted octanol–water partition coefficient (Wildman–Crippen LogP) is 3.74. The number of Topliss-reactive ketones (excluding diaryl/α,β-unsaturated/α-hetero) is 1. The van der Waals surface area contributed by atoms with E-state index in [-0.39, 0.29) is 11.5 Å². The van der Waals surface area contributed by atoms with Crippen molar-refractivity contribution in [1.82, 2.24) is 0 Å². The lowest BCUT2D eigenvalue weighted by Gasteiger charge is -2.57. The van der Waals surface area contributed by atoms with E-state index < -0.39 is 0 Å². The van der Waals surface area contributed by atoms with E-state index >= 15 is 0 Å². The highest BCUT2D eigenvalue weighted by atomic mass is 16.3. The second-order valence-electron chi connectivity index (χ2n) is 9.40. The highest BCUT2D eigenvalue weighted by molar-refractivity contribution is 5.92. The fourth-order valence-electron chi connectivity index (χ4n) is 7.31. The van der Waals surface area contributed by atoms with E-state index in [1.54, 1.807) is 0 Å². The Morgan fingerprint density at radius 2 is 1.91 bits per heavy atom. The first-order valence-electron chi connectivity index (χ1n) is 9.37. The average Bonchev–Trinajstić information content (AvgIpc) is 3.22. The molecular formula is C20H28O2. The lowest BCUT2D eigenvalue weighted by atomic mass is 9.47. The summed E-state index contributed by atoms with van der Waals surface area (Å²) >= 11 is 0. The standard InChI is InChI=1S/C20H28O2/c1-19-7-5-12(21)9-11(19)3-4-13-16(19)6-8-20(2)17(13)14-10-15(14)18(20)22/h3,12-17,21H,4-10H2,1-2H3/t12-,13?,14+,15-,16?,17?,19-,20?/m0/s1. The third kappa shape index (κ3) is 1.48. The van der Waals surface area contributed by atoms with Gasteiger partial charge in [-0.25, -0.2) is 0 Å². The molecule has 0 aliphatic heterocycles. The molecule has 5 aliphatic carbocycles. The number of aliphatic hydroxyl groups excluding tert-OH is 1. The molecule has 0 radical (unpaired) electrons. The fraction of sp³-hybridized carbons (Fsp3) is 0.850. The Hall–Kier alpha value is -0.630. The lowest BCUT2D eigenvalue weighted by Crippen LogP contribution is -2.51. The first kappa shape index (κ1) is 13.8. The van der Waals surface area contributed by atoms with Crippen molar-refractivity contribution in [1.29, 1.82) is 0 Å². The summed E-state index contributed by atoms with van der Waals surface area (Å²) < 4.78 is 0. The van der Waals surface area contributed by atoms with E-state index in [9.17, 15) is 9.90 Å². The molecule has 0 amide bonds. The van der Waals surface area contributed by atoms with Gasteiger partial charge < -0.3 is 5.11 Å². The molecule has 0 heterocycles. The van der Waals surface area contributed by atoms with Gasteiger partial charge >= 0.3 is 0 Å². The van der Waals surface area contributed by atoms with Gasteiger partial charge in [-0.2, -0.15) is 0 Å². The quantitative estimate of drug-likeness (QED) is 0.692. The molecule has 0 bridgehead atoms. The number of allylic oxidation sites excluding steroid dienone is 1. The minimum atomic E-state index is -0.120. The van der Waals surface area contributed by atoms with E-state index in [2.05, 4.69) is 19.9 Å². The number of carbonyl (C=O) groups is 1. The van der Waals surface area contributed by atoms with Crippen LogP contribution < -0.4 is 0 Å². The lowest BCUT2D eigenvalue weighted by molar-refractivity contribution is -0.135. The molecular weight excluding hydrogens is 272 g/mol. The van der Waals surface area contributed by atoms with Gasteiger partial charge in [0.25, 0.3) is 0 Å². The van der Waals surface area contributed by atoms with E-state index in [1.807, 2.05) is 0 Å². The van der Waals surface area contributed by atoms with Crippen molar-refractivity contribution in [3.05, 3.63) is 11.6 Å². The van der Waals surface area contributed by atoms with Crippen LogP contribution in [0, 0.1) is 40.4 Å². The molecule has 4 fully saturated rings. The van der Waals surface area contributed by atoms with Gasteiger partial charge in [0, 0.05) is 11.3 Å².